The first-order chi connectivity index (χ1) is 10.2. The van der Waals surface area contributed by atoms with Crippen molar-refractivity contribution < 1.29 is 4.74 Å². The fraction of sp³-hybridized carbons (Fsp3) is 0.278. The van der Waals surface area contributed by atoms with Crippen molar-refractivity contribution in [2.75, 3.05) is 13.2 Å². The smallest absolute Gasteiger partial charge is 0.119 e. The van der Waals surface area contributed by atoms with Crippen LogP contribution in [0.5, 0.6) is 5.75 Å². The van der Waals surface area contributed by atoms with Crippen molar-refractivity contribution in [3.05, 3.63) is 64.7 Å². The van der Waals surface area contributed by atoms with Crippen LogP contribution in [0.2, 0.25) is 0 Å². The Hall–Kier alpha value is -2.31. The zero-order valence-electron chi connectivity index (χ0n) is 12.5. The maximum absolute atomic E-state index is 8.84. The Morgan fingerprint density at radius 3 is 2.71 bits per heavy atom. The fourth-order valence-electron chi connectivity index (χ4n) is 2.13. The number of hydrogen-bond acceptors (Lipinski definition) is 3. The first-order valence-corrected chi connectivity index (χ1v) is 7.09. The van der Waals surface area contributed by atoms with Crippen molar-refractivity contribution in [3.8, 4) is 11.8 Å². The van der Waals surface area contributed by atoms with E-state index in [0.717, 1.165) is 24.4 Å². The molecule has 0 fully saturated rings. The van der Waals surface area contributed by atoms with E-state index in [1.165, 1.54) is 11.1 Å². The summed E-state index contributed by atoms with van der Waals surface area (Å²) in [5.74, 6) is 0.909. The van der Waals surface area contributed by atoms with Gasteiger partial charge in [-0.1, -0.05) is 18.2 Å². The summed E-state index contributed by atoms with van der Waals surface area (Å²) in [6.45, 7) is 6.29. The second-order valence-electron chi connectivity index (χ2n) is 5.09. The summed E-state index contributed by atoms with van der Waals surface area (Å²) in [6, 6.07) is 16.0. The predicted octanol–water partition coefficient (Wildman–Crippen LogP) is 3.34. The molecular formula is C18H20N2O. The number of nitrogens with zero attached hydrogens (tertiary/aromatic N) is 1. The van der Waals surface area contributed by atoms with Gasteiger partial charge < -0.3 is 10.1 Å². The highest BCUT2D eigenvalue weighted by atomic mass is 16.5. The summed E-state index contributed by atoms with van der Waals surface area (Å²) >= 11 is 0. The molecule has 3 heteroatoms. The summed E-state index contributed by atoms with van der Waals surface area (Å²) in [6.07, 6.45) is 0. The minimum absolute atomic E-state index is 0.638. The summed E-state index contributed by atoms with van der Waals surface area (Å²) in [5.41, 5.74) is 4.26. The van der Waals surface area contributed by atoms with Gasteiger partial charge >= 0.3 is 0 Å². The normalized spacial score (nSPS) is 10.1. The quantitative estimate of drug-likeness (QED) is 0.825. The van der Waals surface area contributed by atoms with Crippen molar-refractivity contribution in [1.29, 1.82) is 5.26 Å². The number of nitriles is 1. The van der Waals surface area contributed by atoms with Gasteiger partial charge in [0.1, 0.15) is 12.4 Å². The molecule has 0 aliphatic rings. The highest BCUT2D eigenvalue weighted by Gasteiger charge is 2.00. The topological polar surface area (TPSA) is 45.0 Å². The van der Waals surface area contributed by atoms with Crippen LogP contribution in [0.1, 0.15) is 22.3 Å². The highest BCUT2D eigenvalue weighted by molar-refractivity contribution is 5.37. The maximum atomic E-state index is 8.84. The van der Waals surface area contributed by atoms with E-state index in [1.54, 1.807) is 0 Å². The molecule has 2 aromatic rings. The Morgan fingerprint density at radius 2 is 2.00 bits per heavy atom. The van der Waals surface area contributed by atoms with E-state index in [9.17, 15) is 0 Å². The van der Waals surface area contributed by atoms with Gasteiger partial charge in [-0.2, -0.15) is 5.26 Å². The molecule has 0 atom stereocenters. The molecule has 0 saturated carbocycles. The Morgan fingerprint density at radius 1 is 1.14 bits per heavy atom. The largest absolute Gasteiger partial charge is 0.492 e. The van der Waals surface area contributed by atoms with Crippen LogP contribution in [0.15, 0.2) is 42.5 Å². The molecule has 0 aromatic heterocycles. The fourth-order valence-corrected chi connectivity index (χ4v) is 2.13. The summed E-state index contributed by atoms with van der Waals surface area (Å²) in [5, 5.41) is 12.2. The van der Waals surface area contributed by atoms with Gasteiger partial charge in [0.15, 0.2) is 0 Å². The van der Waals surface area contributed by atoms with Gasteiger partial charge in [0.25, 0.3) is 0 Å². The summed E-state index contributed by atoms with van der Waals surface area (Å²) in [7, 11) is 0. The summed E-state index contributed by atoms with van der Waals surface area (Å²) < 4.78 is 5.69. The highest BCUT2D eigenvalue weighted by Crippen LogP contribution is 2.12. The van der Waals surface area contributed by atoms with Gasteiger partial charge in [-0.15, -0.1) is 0 Å². The second-order valence-corrected chi connectivity index (χ2v) is 5.09. The lowest BCUT2D eigenvalue weighted by atomic mass is 10.1. The molecule has 1 N–H and O–H groups in total. The third-order valence-corrected chi connectivity index (χ3v) is 3.32. The SMILES string of the molecule is Cc1cccc(OCCNCc2ccc(C#N)cc2C)c1. The van der Waals surface area contributed by atoms with Crippen LogP contribution < -0.4 is 10.1 Å². The van der Waals surface area contributed by atoms with E-state index in [0.29, 0.717) is 12.2 Å². The number of aryl methyl sites for hydroxylation is 2. The van der Waals surface area contributed by atoms with E-state index in [1.807, 2.05) is 43.3 Å². The summed E-state index contributed by atoms with van der Waals surface area (Å²) in [4.78, 5) is 0. The molecule has 0 amide bonds. The van der Waals surface area contributed by atoms with Gasteiger partial charge in [-0.3, -0.25) is 0 Å². The molecule has 0 aliphatic carbocycles. The van der Waals surface area contributed by atoms with Gasteiger partial charge in [-0.05, 0) is 54.8 Å². The van der Waals surface area contributed by atoms with Crippen molar-refractivity contribution >= 4 is 0 Å². The molecule has 0 bridgehead atoms. The van der Waals surface area contributed by atoms with Crippen LogP contribution in [0, 0.1) is 25.2 Å². The number of nitrogens with one attached hydrogen (secondary N) is 1. The van der Waals surface area contributed by atoms with Crippen LogP contribution in [-0.2, 0) is 6.54 Å². The first-order valence-electron chi connectivity index (χ1n) is 7.09. The molecule has 0 heterocycles. The third kappa shape index (κ3) is 4.62. The lowest BCUT2D eigenvalue weighted by Crippen LogP contribution is -2.21. The van der Waals surface area contributed by atoms with Gasteiger partial charge in [0.2, 0.25) is 0 Å². The molecule has 108 valence electrons. The number of rotatable bonds is 6. The van der Waals surface area contributed by atoms with Gasteiger partial charge in [0.05, 0.1) is 11.6 Å². The molecule has 0 radical (unpaired) electrons. The van der Waals surface area contributed by atoms with E-state index in [2.05, 4.69) is 24.4 Å². The van der Waals surface area contributed by atoms with Crippen molar-refractivity contribution in [1.82, 2.24) is 5.32 Å². The number of benzene rings is 2. The molecule has 0 spiro atoms. The first kappa shape index (κ1) is 15.1. The van der Waals surface area contributed by atoms with E-state index < -0.39 is 0 Å². The standard InChI is InChI=1S/C18H20N2O/c1-14-4-3-5-18(10-14)21-9-8-20-13-17-7-6-16(12-19)11-15(17)2/h3-7,10-11,20H,8-9,13H2,1-2H3. The lowest BCUT2D eigenvalue weighted by Gasteiger charge is -2.10. The molecule has 0 unspecified atom stereocenters. The molecule has 2 rings (SSSR count). The second kappa shape index (κ2) is 7.47. The molecule has 0 aliphatic heterocycles. The van der Waals surface area contributed by atoms with Crippen LogP contribution >= 0.6 is 0 Å². The predicted molar refractivity (Wildman–Crippen MR) is 84.3 cm³/mol. The van der Waals surface area contributed by atoms with Gasteiger partial charge in [0, 0.05) is 13.1 Å². The minimum atomic E-state index is 0.638. The maximum Gasteiger partial charge on any atom is 0.119 e. The monoisotopic (exact) mass is 280 g/mol. The van der Waals surface area contributed by atoms with Crippen LogP contribution in [-0.4, -0.2) is 13.2 Å². The Balaban J connectivity index is 1.74. The van der Waals surface area contributed by atoms with Crippen LogP contribution in [0.25, 0.3) is 0 Å². The average Bonchev–Trinajstić information content (AvgIpc) is 2.48. The van der Waals surface area contributed by atoms with E-state index in [-0.39, 0.29) is 0 Å². The molecular weight excluding hydrogens is 260 g/mol. The average molecular weight is 280 g/mol. The molecule has 2 aromatic carbocycles. The molecule has 0 saturated heterocycles. The Labute approximate surface area is 126 Å². The van der Waals surface area contributed by atoms with E-state index in [4.69, 9.17) is 10.00 Å². The molecule has 3 nitrogen and oxygen atoms in total. The number of ether oxygens (including phenoxy) is 1. The Bertz CT molecular complexity index is 644. The van der Waals surface area contributed by atoms with Gasteiger partial charge in [-0.25, -0.2) is 0 Å². The van der Waals surface area contributed by atoms with Crippen molar-refractivity contribution in [3.63, 3.8) is 0 Å². The van der Waals surface area contributed by atoms with Crippen LogP contribution in [0.4, 0.5) is 0 Å². The lowest BCUT2D eigenvalue weighted by molar-refractivity contribution is 0.313. The number of hydrogen-bond donors (Lipinski definition) is 1. The minimum Gasteiger partial charge on any atom is -0.492 e. The third-order valence-electron chi connectivity index (χ3n) is 3.32. The van der Waals surface area contributed by atoms with Crippen LogP contribution in [0.3, 0.4) is 0 Å². The zero-order valence-corrected chi connectivity index (χ0v) is 12.5. The molecule has 21 heavy (non-hydrogen) atoms. The zero-order chi connectivity index (χ0) is 15.1. The van der Waals surface area contributed by atoms with Crippen molar-refractivity contribution in [2.45, 2.75) is 20.4 Å². The van der Waals surface area contributed by atoms with E-state index >= 15 is 0 Å². The van der Waals surface area contributed by atoms with Crippen molar-refractivity contribution in [2.24, 2.45) is 0 Å². The Kier molecular flexibility index (Phi) is 5.36.